The summed E-state index contributed by atoms with van der Waals surface area (Å²) in [6, 6.07) is 0. The number of carbonyl (C=O) groups is 1. The zero-order valence-corrected chi connectivity index (χ0v) is 19.2. The van der Waals surface area contributed by atoms with Crippen molar-refractivity contribution in [1.29, 1.82) is 0 Å². The van der Waals surface area contributed by atoms with Gasteiger partial charge in [0.25, 0.3) is 0 Å². The molecule has 1 saturated carbocycles. The van der Waals surface area contributed by atoms with Crippen molar-refractivity contribution in [1.82, 2.24) is 0 Å². The largest absolute Gasteiger partial charge is 0.393 e. The van der Waals surface area contributed by atoms with Gasteiger partial charge in [-0.25, -0.2) is 0 Å². The molecule has 0 bridgehead atoms. The van der Waals surface area contributed by atoms with E-state index < -0.39 is 5.60 Å². The second-order valence-corrected chi connectivity index (χ2v) is 8.52. The molecular formula is C24H42O3. The molecule has 2 fully saturated rings. The van der Waals surface area contributed by atoms with Crippen LogP contribution >= 0.6 is 0 Å². The number of hydrogen-bond donors (Lipinski definition) is 1. The second-order valence-electron chi connectivity index (χ2n) is 8.52. The van der Waals surface area contributed by atoms with Gasteiger partial charge in [-0.2, -0.15) is 0 Å². The smallest absolute Gasteiger partial charge is 0.181 e. The highest BCUT2D eigenvalue weighted by Crippen LogP contribution is 2.59. The first kappa shape index (κ1) is 24.1. The summed E-state index contributed by atoms with van der Waals surface area (Å²) in [7, 11) is 0. The van der Waals surface area contributed by atoms with Gasteiger partial charge in [0.05, 0.1) is 12.2 Å². The zero-order chi connectivity index (χ0) is 21.2. The van der Waals surface area contributed by atoms with E-state index in [0.29, 0.717) is 0 Å². The van der Waals surface area contributed by atoms with Crippen LogP contribution in [0.25, 0.3) is 0 Å². The van der Waals surface area contributed by atoms with Gasteiger partial charge in [0, 0.05) is 5.57 Å². The summed E-state index contributed by atoms with van der Waals surface area (Å²) >= 11 is 0. The molecule has 3 rings (SSSR count). The third-order valence-corrected chi connectivity index (χ3v) is 6.57. The predicted molar refractivity (Wildman–Crippen MR) is 114 cm³/mol. The number of fused-ring (bicyclic) bond motifs is 3. The molecule has 0 aromatic rings. The normalized spacial score (nSPS) is 40.4. The predicted octanol–water partition coefficient (Wildman–Crippen LogP) is 5.72. The second kappa shape index (κ2) is 9.05. The Morgan fingerprint density at radius 2 is 1.70 bits per heavy atom. The molecule has 0 radical (unpaired) electrons. The summed E-state index contributed by atoms with van der Waals surface area (Å²) in [5.41, 5.74) is 1.38. The molecule has 156 valence electrons. The van der Waals surface area contributed by atoms with E-state index in [1.165, 1.54) is 0 Å². The molecule has 0 spiro atoms. The molecule has 3 heteroatoms. The molecule has 27 heavy (non-hydrogen) atoms. The van der Waals surface area contributed by atoms with Crippen LogP contribution in [0, 0.1) is 23.2 Å². The van der Waals surface area contributed by atoms with E-state index in [2.05, 4.69) is 47.6 Å². The average Bonchev–Trinajstić information content (AvgIpc) is 2.63. The van der Waals surface area contributed by atoms with Crippen LogP contribution < -0.4 is 0 Å². The molecule has 1 saturated heterocycles. The summed E-state index contributed by atoms with van der Waals surface area (Å²) in [6.07, 6.45) is 5.40. The van der Waals surface area contributed by atoms with Crippen LogP contribution in [0.2, 0.25) is 0 Å². The van der Waals surface area contributed by atoms with Gasteiger partial charge in [0.15, 0.2) is 5.78 Å². The van der Waals surface area contributed by atoms with Gasteiger partial charge in [-0.3, -0.25) is 4.79 Å². The number of ether oxygens (including phenoxy) is 1. The van der Waals surface area contributed by atoms with Crippen LogP contribution in [0.4, 0.5) is 0 Å². The third kappa shape index (κ3) is 4.10. The Kier molecular flexibility index (Phi) is 8.08. The number of ketones is 1. The molecule has 1 aliphatic heterocycles. The van der Waals surface area contributed by atoms with Gasteiger partial charge in [-0.15, -0.1) is 0 Å². The Bertz CT molecular complexity index is 588. The quantitative estimate of drug-likeness (QED) is 0.634. The van der Waals surface area contributed by atoms with E-state index in [1.807, 2.05) is 33.8 Å². The maximum Gasteiger partial charge on any atom is 0.181 e. The van der Waals surface area contributed by atoms with E-state index in [1.54, 1.807) is 0 Å². The lowest BCUT2D eigenvalue weighted by Gasteiger charge is -2.59. The number of carbonyl (C=O) groups excluding carboxylic acids is 1. The van der Waals surface area contributed by atoms with Crippen molar-refractivity contribution >= 4 is 5.78 Å². The molecule has 6 atom stereocenters. The number of rotatable bonds is 1. The van der Waals surface area contributed by atoms with Crippen molar-refractivity contribution < 1.29 is 14.6 Å². The van der Waals surface area contributed by atoms with Crippen LogP contribution in [-0.2, 0) is 9.53 Å². The molecule has 3 aliphatic rings. The first-order valence-corrected chi connectivity index (χ1v) is 11.0. The average molecular weight is 379 g/mol. The molecule has 1 N–H and O–H groups in total. The van der Waals surface area contributed by atoms with Gasteiger partial charge in [-0.05, 0) is 67.6 Å². The Hall–Kier alpha value is -0.930. The van der Waals surface area contributed by atoms with Gasteiger partial charge < -0.3 is 9.84 Å². The van der Waals surface area contributed by atoms with E-state index >= 15 is 0 Å². The zero-order valence-electron chi connectivity index (χ0n) is 19.2. The third-order valence-electron chi connectivity index (χ3n) is 6.57. The number of aliphatic hydroxyl groups is 1. The van der Waals surface area contributed by atoms with Gasteiger partial charge in [-0.1, -0.05) is 55.4 Å². The van der Waals surface area contributed by atoms with Crippen LogP contribution in [-0.4, -0.2) is 28.7 Å². The van der Waals surface area contributed by atoms with Gasteiger partial charge in [0.2, 0.25) is 0 Å². The first-order chi connectivity index (χ1) is 12.6. The molecule has 0 aromatic heterocycles. The minimum atomic E-state index is -0.500. The van der Waals surface area contributed by atoms with Crippen LogP contribution in [0.15, 0.2) is 23.3 Å². The summed E-state index contributed by atoms with van der Waals surface area (Å²) < 4.78 is 6.45. The highest BCUT2D eigenvalue weighted by molar-refractivity contribution is 6.06. The Labute approximate surface area is 167 Å². The summed E-state index contributed by atoms with van der Waals surface area (Å²) in [6.45, 7) is 20.7. The topological polar surface area (TPSA) is 46.5 Å². The Balaban J connectivity index is 0.000000855. The van der Waals surface area contributed by atoms with E-state index in [0.717, 1.165) is 24.0 Å². The van der Waals surface area contributed by atoms with Crippen molar-refractivity contribution in [2.75, 3.05) is 0 Å². The van der Waals surface area contributed by atoms with Gasteiger partial charge in [0.1, 0.15) is 5.60 Å². The minimum Gasteiger partial charge on any atom is -0.393 e. The van der Waals surface area contributed by atoms with Crippen LogP contribution in [0.5, 0.6) is 0 Å². The lowest BCUT2D eigenvalue weighted by molar-refractivity contribution is -0.169. The Morgan fingerprint density at radius 1 is 1.15 bits per heavy atom. The molecular weight excluding hydrogens is 336 g/mol. The highest BCUT2D eigenvalue weighted by atomic mass is 16.5. The maximum absolute atomic E-state index is 12.6. The first-order valence-electron chi connectivity index (χ1n) is 11.0. The lowest BCUT2D eigenvalue weighted by Crippen LogP contribution is -2.59. The minimum absolute atomic E-state index is 0.0602. The summed E-state index contributed by atoms with van der Waals surface area (Å²) in [5.74, 6) is 0.755. The molecule has 2 aliphatic carbocycles. The fourth-order valence-electron chi connectivity index (χ4n) is 5.50. The standard InChI is InChI=1S/C20H30O3.2C2H6/c1-11(2)14-10-20(6)17(9-16(14)22)19(5)8-7-15(21)12(3)18(19)13(4)23-20;2*1-2/h9-13,15,18,21H,7-8H2,1-6H3;2*1-2H3/t12?,13-,15?,18?,19?,20?;;/m1../s1. The van der Waals surface area contributed by atoms with Crippen molar-refractivity contribution in [2.24, 2.45) is 23.2 Å². The summed E-state index contributed by atoms with van der Waals surface area (Å²) in [5, 5.41) is 10.3. The Morgan fingerprint density at radius 3 is 2.22 bits per heavy atom. The number of hydrogen-bond acceptors (Lipinski definition) is 3. The van der Waals surface area contributed by atoms with E-state index in [4.69, 9.17) is 4.74 Å². The van der Waals surface area contributed by atoms with Gasteiger partial charge >= 0.3 is 0 Å². The SMILES string of the molecule is CC.CC.CC(C)C1=CC2(C)O[C@H](C)C3C(C)C(O)CCC3(C)C2=CC1=O. The van der Waals surface area contributed by atoms with E-state index in [-0.39, 0.29) is 41.2 Å². The molecule has 0 aromatic carbocycles. The van der Waals surface area contributed by atoms with Crippen molar-refractivity contribution in [3.8, 4) is 0 Å². The van der Waals surface area contributed by atoms with Crippen molar-refractivity contribution in [2.45, 2.75) is 99.9 Å². The molecule has 0 amide bonds. The fourth-order valence-corrected chi connectivity index (χ4v) is 5.50. The fraction of sp³-hybridized carbons (Fsp3) is 0.792. The molecule has 5 unspecified atom stereocenters. The van der Waals surface area contributed by atoms with Crippen LogP contribution in [0.1, 0.15) is 82.1 Å². The summed E-state index contributed by atoms with van der Waals surface area (Å²) in [4.78, 5) is 12.6. The van der Waals surface area contributed by atoms with E-state index in [9.17, 15) is 9.90 Å². The monoisotopic (exact) mass is 378 g/mol. The lowest BCUT2D eigenvalue weighted by atomic mass is 9.52. The maximum atomic E-state index is 12.6. The van der Waals surface area contributed by atoms with Crippen molar-refractivity contribution in [3.05, 3.63) is 23.3 Å². The highest BCUT2D eigenvalue weighted by Gasteiger charge is 2.58. The molecule has 1 heterocycles. The molecule has 3 nitrogen and oxygen atoms in total. The van der Waals surface area contributed by atoms with Crippen LogP contribution in [0.3, 0.4) is 0 Å². The number of aliphatic hydroxyl groups excluding tert-OH is 1. The van der Waals surface area contributed by atoms with Crippen molar-refractivity contribution in [3.63, 3.8) is 0 Å². The number of allylic oxidation sites excluding steroid dienone is 2.